The maximum absolute atomic E-state index is 5.74. The molecule has 0 saturated heterocycles. The molecule has 1 fully saturated rings. The van der Waals surface area contributed by atoms with E-state index in [1.54, 1.807) is 7.11 Å². The number of rotatable bonds is 4. The summed E-state index contributed by atoms with van der Waals surface area (Å²) in [5.74, 6) is 3.23. The molecule has 2 aromatic rings. The lowest BCUT2D eigenvalue weighted by Crippen LogP contribution is -2.07. The summed E-state index contributed by atoms with van der Waals surface area (Å²) < 4.78 is 5.14. The SMILES string of the molecule is COc1ccc(Cc2nc(N)nc(C3CC3)n2)cc1. The Morgan fingerprint density at radius 2 is 1.89 bits per heavy atom. The Morgan fingerprint density at radius 1 is 1.16 bits per heavy atom. The van der Waals surface area contributed by atoms with E-state index >= 15 is 0 Å². The zero-order valence-electron chi connectivity index (χ0n) is 10.8. The summed E-state index contributed by atoms with van der Waals surface area (Å²) in [6.45, 7) is 0. The van der Waals surface area contributed by atoms with Gasteiger partial charge in [0.15, 0.2) is 0 Å². The highest BCUT2D eigenvalue weighted by atomic mass is 16.5. The first-order valence-electron chi connectivity index (χ1n) is 6.38. The molecule has 0 radical (unpaired) electrons. The zero-order chi connectivity index (χ0) is 13.2. The molecule has 0 aliphatic heterocycles. The minimum absolute atomic E-state index is 0.320. The van der Waals surface area contributed by atoms with E-state index in [0.717, 1.165) is 35.8 Å². The minimum atomic E-state index is 0.320. The van der Waals surface area contributed by atoms with Crippen molar-refractivity contribution in [2.24, 2.45) is 0 Å². The first kappa shape index (κ1) is 11.9. The van der Waals surface area contributed by atoms with Crippen LogP contribution in [-0.2, 0) is 6.42 Å². The van der Waals surface area contributed by atoms with Gasteiger partial charge in [-0.3, -0.25) is 0 Å². The fourth-order valence-electron chi connectivity index (χ4n) is 1.99. The third kappa shape index (κ3) is 2.81. The fourth-order valence-corrected chi connectivity index (χ4v) is 1.99. The summed E-state index contributed by atoms with van der Waals surface area (Å²) in [7, 11) is 1.66. The van der Waals surface area contributed by atoms with Gasteiger partial charge in [0.2, 0.25) is 5.95 Å². The van der Waals surface area contributed by atoms with Crippen LogP contribution < -0.4 is 10.5 Å². The summed E-state index contributed by atoms with van der Waals surface area (Å²) in [6, 6.07) is 7.88. The number of methoxy groups -OCH3 is 1. The van der Waals surface area contributed by atoms with Crippen LogP contribution in [-0.4, -0.2) is 22.1 Å². The Balaban J connectivity index is 1.81. The quantitative estimate of drug-likeness (QED) is 0.904. The Labute approximate surface area is 111 Å². The average Bonchev–Trinajstić information content (AvgIpc) is 3.23. The molecule has 1 aromatic heterocycles. The van der Waals surface area contributed by atoms with Crippen LogP contribution in [0.5, 0.6) is 5.75 Å². The molecule has 19 heavy (non-hydrogen) atoms. The smallest absolute Gasteiger partial charge is 0.223 e. The first-order valence-corrected chi connectivity index (χ1v) is 6.38. The molecule has 3 rings (SSSR count). The number of benzene rings is 1. The Bertz CT molecular complexity index is 578. The molecule has 5 heteroatoms. The topological polar surface area (TPSA) is 73.9 Å². The van der Waals surface area contributed by atoms with Gasteiger partial charge in [0.1, 0.15) is 17.4 Å². The molecular weight excluding hydrogens is 240 g/mol. The van der Waals surface area contributed by atoms with E-state index in [2.05, 4.69) is 15.0 Å². The van der Waals surface area contributed by atoms with E-state index in [-0.39, 0.29) is 0 Å². The second-order valence-electron chi connectivity index (χ2n) is 4.77. The monoisotopic (exact) mass is 256 g/mol. The van der Waals surface area contributed by atoms with Crippen LogP contribution in [0.1, 0.15) is 36.0 Å². The maximum Gasteiger partial charge on any atom is 0.223 e. The summed E-state index contributed by atoms with van der Waals surface area (Å²) in [5.41, 5.74) is 6.87. The molecule has 1 heterocycles. The van der Waals surface area contributed by atoms with Crippen molar-refractivity contribution in [1.29, 1.82) is 0 Å². The molecular formula is C14H16N4O. The molecule has 0 amide bonds. The number of hydrogen-bond donors (Lipinski definition) is 1. The summed E-state index contributed by atoms with van der Waals surface area (Å²) in [6.07, 6.45) is 2.98. The summed E-state index contributed by atoms with van der Waals surface area (Å²) in [5, 5.41) is 0. The van der Waals surface area contributed by atoms with Gasteiger partial charge in [0, 0.05) is 12.3 Å². The molecule has 0 unspecified atom stereocenters. The second-order valence-corrected chi connectivity index (χ2v) is 4.77. The van der Waals surface area contributed by atoms with E-state index in [9.17, 15) is 0 Å². The molecule has 0 spiro atoms. The number of anilines is 1. The van der Waals surface area contributed by atoms with Gasteiger partial charge < -0.3 is 10.5 Å². The highest BCUT2D eigenvalue weighted by Crippen LogP contribution is 2.38. The van der Waals surface area contributed by atoms with Gasteiger partial charge in [-0.25, -0.2) is 4.98 Å². The van der Waals surface area contributed by atoms with Crippen LogP contribution in [0.3, 0.4) is 0 Å². The van der Waals surface area contributed by atoms with Crippen molar-refractivity contribution in [3.05, 3.63) is 41.5 Å². The van der Waals surface area contributed by atoms with Gasteiger partial charge in [-0.2, -0.15) is 9.97 Å². The van der Waals surface area contributed by atoms with E-state index in [0.29, 0.717) is 18.3 Å². The number of nitrogens with zero attached hydrogens (tertiary/aromatic N) is 3. The second kappa shape index (κ2) is 4.84. The predicted octanol–water partition coefficient (Wildman–Crippen LogP) is 1.93. The summed E-state index contributed by atoms with van der Waals surface area (Å²) >= 11 is 0. The van der Waals surface area contributed by atoms with Crippen molar-refractivity contribution in [3.8, 4) is 5.75 Å². The van der Waals surface area contributed by atoms with Crippen molar-refractivity contribution in [1.82, 2.24) is 15.0 Å². The van der Waals surface area contributed by atoms with E-state index in [1.807, 2.05) is 24.3 Å². The lowest BCUT2D eigenvalue weighted by atomic mass is 10.1. The largest absolute Gasteiger partial charge is 0.497 e. The summed E-state index contributed by atoms with van der Waals surface area (Å²) in [4.78, 5) is 12.9. The molecule has 1 aliphatic rings. The molecule has 0 bridgehead atoms. The zero-order valence-corrected chi connectivity index (χ0v) is 10.8. The molecule has 1 saturated carbocycles. The third-order valence-electron chi connectivity index (χ3n) is 3.18. The normalized spacial score (nSPS) is 14.4. The molecule has 1 aromatic carbocycles. The molecule has 5 nitrogen and oxygen atoms in total. The van der Waals surface area contributed by atoms with Crippen LogP contribution in [0.2, 0.25) is 0 Å². The lowest BCUT2D eigenvalue weighted by molar-refractivity contribution is 0.414. The average molecular weight is 256 g/mol. The van der Waals surface area contributed by atoms with Crippen LogP contribution in [0.4, 0.5) is 5.95 Å². The Kier molecular flexibility index (Phi) is 3.03. The van der Waals surface area contributed by atoms with Gasteiger partial charge in [-0.05, 0) is 30.5 Å². The number of hydrogen-bond acceptors (Lipinski definition) is 5. The standard InChI is InChI=1S/C14H16N4O/c1-19-11-6-2-9(3-7-11)8-12-16-13(10-4-5-10)18-14(15)17-12/h2-3,6-7,10H,4-5,8H2,1H3,(H2,15,16,17,18). The van der Waals surface area contributed by atoms with Crippen LogP contribution in [0, 0.1) is 0 Å². The van der Waals surface area contributed by atoms with E-state index in [1.165, 1.54) is 0 Å². The van der Waals surface area contributed by atoms with Crippen molar-refractivity contribution < 1.29 is 4.74 Å². The first-order chi connectivity index (χ1) is 9.24. The lowest BCUT2D eigenvalue weighted by Gasteiger charge is -2.05. The van der Waals surface area contributed by atoms with Crippen molar-refractivity contribution >= 4 is 5.95 Å². The number of ether oxygens (including phenoxy) is 1. The van der Waals surface area contributed by atoms with Gasteiger partial charge in [-0.1, -0.05) is 12.1 Å². The number of nitrogens with two attached hydrogens (primary N) is 1. The molecule has 98 valence electrons. The molecule has 0 atom stereocenters. The van der Waals surface area contributed by atoms with Crippen LogP contribution >= 0.6 is 0 Å². The highest BCUT2D eigenvalue weighted by Gasteiger charge is 2.27. The van der Waals surface area contributed by atoms with Crippen LogP contribution in [0.15, 0.2) is 24.3 Å². The Hall–Kier alpha value is -2.17. The van der Waals surface area contributed by atoms with E-state index < -0.39 is 0 Å². The van der Waals surface area contributed by atoms with Gasteiger partial charge in [0.25, 0.3) is 0 Å². The third-order valence-corrected chi connectivity index (χ3v) is 3.18. The maximum atomic E-state index is 5.74. The van der Waals surface area contributed by atoms with Gasteiger partial charge in [0.05, 0.1) is 7.11 Å². The van der Waals surface area contributed by atoms with Gasteiger partial charge in [-0.15, -0.1) is 0 Å². The number of aromatic nitrogens is 3. The van der Waals surface area contributed by atoms with Crippen molar-refractivity contribution in [2.45, 2.75) is 25.2 Å². The van der Waals surface area contributed by atoms with Crippen molar-refractivity contribution in [2.75, 3.05) is 12.8 Å². The van der Waals surface area contributed by atoms with Crippen molar-refractivity contribution in [3.63, 3.8) is 0 Å². The predicted molar refractivity (Wildman–Crippen MR) is 72.0 cm³/mol. The molecule has 1 aliphatic carbocycles. The van der Waals surface area contributed by atoms with Gasteiger partial charge >= 0.3 is 0 Å². The Morgan fingerprint density at radius 3 is 2.53 bits per heavy atom. The number of nitrogen functional groups attached to an aromatic ring is 1. The molecule has 2 N–H and O–H groups in total. The fraction of sp³-hybridized carbons (Fsp3) is 0.357. The minimum Gasteiger partial charge on any atom is -0.497 e. The highest BCUT2D eigenvalue weighted by molar-refractivity contribution is 5.29. The van der Waals surface area contributed by atoms with Crippen LogP contribution in [0.25, 0.3) is 0 Å². The van der Waals surface area contributed by atoms with E-state index in [4.69, 9.17) is 10.5 Å².